The second-order valence-corrected chi connectivity index (χ2v) is 8.54. The number of ether oxygens (including phenoxy) is 4. The van der Waals surface area contributed by atoms with Gasteiger partial charge in [-0.3, -0.25) is 4.79 Å². The Labute approximate surface area is 224 Å². The molecule has 0 spiro atoms. The lowest BCUT2D eigenvalue weighted by Crippen LogP contribution is -2.33. The summed E-state index contributed by atoms with van der Waals surface area (Å²) in [6.45, 7) is 1.60. The molecule has 0 aliphatic rings. The average molecular weight is 533 g/mol. The second-order valence-electron chi connectivity index (χ2n) is 8.11. The van der Waals surface area contributed by atoms with Gasteiger partial charge in [0.05, 0.1) is 26.0 Å². The molecule has 4 rings (SSSR count). The standard InChI is InChI=1S/C29H25ClN2O6/c1-18(37-22-12-10-21(30)11-13-22)28(33)32-31-17-24-23-7-5-4-6-19(23)8-14-25(24)38-29(34)20-9-15-26(35-2)27(16-20)36-3/h4-18H,1-3H3,(H,32,33)/b31-17+. The first-order chi connectivity index (χ1) is 18.4. The van der Waals surface area contributed by atoms with Gasteiger partial charge in [0.2, 0.25) is 0 Å². The molecule has 8 nitrogen and oxygen atoms in total. The zero-order valence-electron chi connectivity index (χ0n) is 20.9. The Morgan fingerprint density at radius 2 is 1.61 bits per heavy atom. The summed E-state index contributed by atoms with van der Waals surface area (Å²) in [7, 11) is 3.00. The number of hydrogen-bond donors (Lipinski definition) is 1. The molecule has 0 aliphatic carbocycles. The Kier molecular flexibility index (Phi) is 8.45. The number of carbonyl (C=O) groups is 2. The molecule has 0 saturated heterocycles. The van der Waals surface area contributed by atoms with Crippen LogP contribution < -0.4 is 24.4 Å². The van der Waals surface area contributed by atoms with Crippen molar-refractivity contribution in [2.24, 2.45) is 5.10 Å². The number of carbonyl (C=O) groups excluding carboxylic acids is 2. The van der Waals surface area contributed by atoms with Gasteiger partial charge in [0.1, 0.15) is 11.5 Å². The second kappa shape index (κ2) is 12.1. The minimum atomic E-state index is -0.816. The Morgan fingerprint density at radius 3 is 2.34 bits per heavy atom. The van der Waals surface area contributed by atoms with Crippen molar-refractivity contribution < 1.29 is 28.5 Å². The lowest BCUT2D eigenvalue weighted by Gasteiger charge is -2.13. The summed E-state index contributed by atoms with van der Waals surface area (Å²) in [5, 5.41) is 6.37. The molecule has 0 radical (unpaired) electrons. The molecule has 0 fully saturated rings. The van der Waals surface area contributed by atoms with Crippen LogP contribution in [0.15, 0.2) is 84.0 Å². The summed E-state index contributed by atoms with van der Waals surface area (Å²) in [5.41, 5.74) is 3.27. The Balaban J connectivity index is 1.54. The SMILES string of the molecule is COc1ccc(C(=O)Oc2ccc3ccccc3c2/C=N/NC(=O)C(C)Oc2ccc(Cl)cc2)cc1OC. The van der Waals surface area contributed by atoms with E-state index in [-0.39, 0.29) is 11.3 Å². The quantitative estimate of drug-likeness (QED) is 0.130. The molecular formula is C29H25ClN2O6. The fraction of sp³-hybridized carbons (Fsp3) is 0.138. The zero-order valence-corrected chi connectivity index (χ0v) is 21.7. The summed E-state index contributed by atoms with van der Waals surface area (Å²) in [5.74, 6) is 0.615. The van der Waals surface area contributed by atoms with Gasteiger partial charge in [0, 0.05) is 10.6 Å². The van der Waals surface area contributed by atoms with Crippen molar-refractivity contribution in [2.75, 3.05) is 14.2 Å². The van der Waals surface area contributed by atoms with Crippen LogP contribution in [0.25, 0.3) is 10.8 Å². The number of halogens is 1. The lowest BCUT2D eigenvalue weighted by molar-refractivity contribution is -0.127. The van der Waals surface area contributed by atoms with E-state index in [2.05, 4.69) is 10.5 Å². The summed E-state index contributed by atoms with van der Waals surface area (Å²) in [6.07, 6.45) is 0.620. The summed E-state index contributed by atoms with van der Waals surface area (Å²) in [6, 6.07) is 22.5. The molecule has 1 amide bonds. The highest BCUT2D eigenvalue weighted by Crippen LogP contribution is 2.30. The van der Waals surface area contributed by atoms with Gasteiger partial charge < -0.3 is 18.9 Å². The number of esters is 1. The highest BCUT2D eigenvalue weighted by Gasteiger charge is 2.17. The fourth-order valence-electron chi connectivity index (χ4n) is 3.64. The van der Waals surface area contributed by atoms with E-state index in [0.29, 0.717) is 27.8 Å². The third-order valence-corrected chi connectivity index (χ3v) is 5.87. The molecule has 1 N–H and O–H groups in total. The van der Waals surface area contributed by atoms with Gasteiger partial charge in [-0.2, -0.15) is 5.10 Å². The first-order valence-electron chi connectivity index (χ1n) is 11.6. The highest BCUT2D eigenvalue weighted by atomic mass is 35.5. The number of hydrazone groups is 1. The van der Waals surface area contributed by atoms with Gasteiger partial charge in [-0.1, -0.05) is 41.9 Å². The molecule has 0 aliphatic heterocycles. The van der Waals surface area contributed by atoms with Crippen molar-refractivity contribution in [3.05, 3.63) is 95.0 Å². The molecule has 0 aromatic heterocycles. The number of hydrogen-bond acceptors (Lipinski definition) is 7. The topological polar surface area (TPSA) is 95.5 Å². The Morgan fingerprint density at radius 1 is 0.895 bits per heavy atom. The maximum Gasteiger partial charge on any atom is 0.343 e. The van der Waals surface area contributed by atoms with Crippen molar-refractivity contribution in [3.8, 4) is 23.0 Å². The van der Waals surface area contributed by atoms with Gasteiger partial charge in [-0.25, -0.2) is 10.2 Å². The van der Waals surface area contributed by atoms with Crippen molar-refractivity contribution in [1.29, 1.82) is 0 Å². The van der Waals surface area contributed by atoms with Gasteiger partial charge in [-0.05, 0) is 66.2 Å². The van der Waals surface area contributed by atoms with Crippen LogP contribution in [-0.2, 0) is 4.79 Å². The molecule has 1 atom stereocenters. The molecule has 38 heavy (non-hydrogen) atoms. The van der Waals surface area contributed by atoms with Crippen LogP contribution in [0, 0.1) is 0 Å². The molecule has 4 aromatic rings. The van der Waals surface area contributed by atoms with Crippen molar-refractivity contribution >= 4 is 40.5 Å². The fourth-order valence-corrected chi connectivity index (χ4v) is 3.77. The normalized spacial score (nSPS) is 11.7. The van der Waals surface area contributed by atoms with Crippen molar-refractivity contribution in [2.45, 2.75) is 13.0 Å². The first kappa shape index (κ1) is 26.5. The van der Waals surface area contributed by atoms with Crippen LogP contribution >= 0.6 is 11.6 Å². The first-order valence-corrected chi connectivity index (χ1v) is 12.0. The largest absolute Gasteiger partial charge is 0.493 e. The number of benzene rings is 4. The third kappa shape index (κ3) is 6.22. The summed E-state index contributed by atoms with van der Waals surface area (Å²) >= 11 is 5.89. The number of nitrogens with one attached hydrogen (secondary N) is 1. The summed E-state index contributed by atoms with van der Waals surface area (Å²) in [4.78, 5) is 25.5. The van der Waals surface area contributed by atoms with E-state index in [0.717, 1.165) is 10.8 Å². The lowest BCUT2D eigenvalue weighted by atomic mass is 10.0. The highest BCUT2D eigenvalue weighted by molar-refractivity contribution is 6.30. The van der Waals surface area contributed by atoms with Crippen LogP contribution in [0.2, 0.25) is 5.02 Å². The molecule has 4 aromatic carbocycles. The maximum atomic E-state index is 13.0. The molecule has 9 heteroatoms. The van der Waals surface area contributed by atoms with E-state index in [1.54, 1.807) is 49.4 Å². The minimum absolute atomic E-state index is 0.270. The van der Waals surface area contributed by atoms with E-state index < -0.39 is 18.0 Å². The molecule has 0 heterocycles. The predicted molar refractivity (Wildman–Crippen MR) is 146 cm³/mol. The van der Waals surface area contributed by atoms with E-state index in [1.807, 2.05) is 30.3 Å². The van der Waals surface area contributed by atoms with Crippen LogP contribution in [0.1, 0.15) is 22.8 Å². The third-order valence-electron chi connectivity index (χ3n) is 5.62. The van der Waals surface area contributed by atoms with E-state index in [4.69, 9.17) is 30.5 Å². The van der Waals surface area contributed by atoms with Gasteiger partial charge >= 0.3 is 5.97 Å². The molecular weight excluding hydrogens is 508 g/mol. The van der Waals surface area contributed by atoms with Crippen LogP contribution in [-0.4, -0.2) is 38.4 Å². The van der Waals surface area contributed by atoms with Crippen molar-refractivity contribution in [3.63, 3.8) is 0 Å². The number of nitrogens with zero attached hydrogens (tertiary/aromatic N) is 1. The van der Waals surface area contributed by atoms with Crippen LogP contribution in [0.4, 0.5) is 0 Å². The predicted octanol–water partition coefficient (Wildman–Crippen LogP) is 5.65. The van der Waals surface area contributed by atoms with Gasteiger partial charge in [-0.15, -0.1) is 0 Å². The zero-order chi connectivity index (χ0) is 27.1. The number of amides is 1. The van der Waals surface area contributed by atoms with Crippen molar-refractivity contribution in [1.82, 2.24) is 5.43 Å². The smallest absolute Gasteiger partial charge is 0.343 e. The molecule has 0 bridgehead atoms. The van der Waals surface area contributed by atoms with E-state index in [9.17, 15) is 9.59 Å². The van der Waals surface area contributed by atoms with Crippen LogP contribution in [0.5, 0.6) is 23.0 Å². The van der Waals surface area contributed by atoms with Gasteiger partial charge in [0.15, 0.2) is 17.6 Å². The van der Waals surface area contributed by atoms with E-state index >= 15 is 0 Å². The van der Waals surface area contributed by atoms with Gasteiger partial charge in [0.25, 0.3) is 5.91 Å². The summed E-state index contributed by atoms with van der Waals surface area (Å²) < 4.78 is 21.9. The number of fused-ring (bicyclic) bond motifs is 1. The molecule has 0 saturated carbocycles. The Bertz CT molecular complexity index is 1490. The molecule has 1 unspecified atom stereocenters. The number of methoxy groups -OCH3 is 2. The van der Waals surface area contributed by atoms with E-state index in [1.165, 1.54) is 26.5 Å². The minimum Gasteiger partial charge on any atom is -0.493 e. The monoisotopic (exact) mass is 532 g/mol. The Hall–Kier alpha value is -4.56. The maximum absolute atomic E-state index is 13.0. The molecule has 194 valence electrons. The van der Waals surface area contributed by atoms with Crippen LogP contribution in [0.3, 0.4) is 0 Å². The average Bonchev–Trinajstić information content (AvgIpc) is 2.94. The number of rotatable bonds is 9.